The van der Waals surface area contributed by atoms with Crippen molar-refractivity contribution < 1.29 is 4.42 Å². The molecule has 0 bridgehead atoms. The minimum atomic E-state index is 0.654. The first kappa shape index (κ1) is 15.4. The molecule has 0 amide bonds. The molecule has 120 valence electrons. The molecule has 0 radical (unpaired) electrons. The Labute approximate surface area is 148 Å². The van der Waals surface area contributed by atoms with Crippen LogP contribution in [-0.2, 0) is 5.75 Å². The van der Waals surface area contributed by atoms with Crippen molar-refractivity contribution in [2.75, 3.05) is 0 Å². The third-order valence-corrected chi connectivity index (χ3v) is 6.00. The van der Waals surface area contributed by atoms with E-state index in [4.69, 9.17) is 4.42 Å². The van der Waals surface area contributed by atoms with Crippen molar-refractivity contribution in [3.8, 4) is 11.5 Å². The lowest BCUT2D eigenvalue weighted by Gasteiger charge is -2.01. The number of fused-ring (bicyclic) bond motifs is 1. The van der Waals surface area contributed by atoms with Crippen LogP contribution in [0.2, 0.25) is 0 Å². The van der Waals surface area contributed by atoms with Crippen LogP contribution in [0.3, 0.4) is 0 Å². The number of rotatable bonds is 4. The summed E-state index contributed by atoms with van der Waals surface area (Å²) in [6.45, 7) is 4.26. The van der Waals surface area contributed by atoms with Crippen molar-refractivity contribution >= 4 is 33.3 Å². The Hall–Kier alpha value is -2.18. The molecule has 0 fully saturated rings. The largest absolute Gasteiger partial charge is 0.444 e. The quantitative estimate of drug-likeness (QED) is 0.370. The van der Waals surface area contributed by atoms with Crippen LogP contribution in [0.1, 0.15) is 16.1 Å². The fourth-order valence-corrected chi connectivity index (χ4v) is 4.48. The molecule has 3 heterocycles. The van der Waals surface area contributed by atoms with Gasteiger partial charge in [0, 0.05) is 21.6 Å². The first-order chi connectivity index (χ1) is 11.7. The van der Waals surface area contributed by atoms with Gasteiger partial charge in [-0.2, -0.15) is 0 Å². The number of thiophene rings is 1. The average molecular weight is 353 g/mol. The first-order valence-electron chi connectivity index (χ1n) is 7.55. The Morgan fingerprint density at radius 2 is 1.96 bits per heavy atom. The number of aromatic nitrogens is 3. The highest BCUT2D eigenvalue weighted by atomic mass is 32.2. The number of nitrogens with zero attached hydrogens (tertiary/aromatic N) is 3. The molecule has 4 aromatic rings. The lowest BCUT2D eigenvalue weighted by molar-refractivity contribution is 0.573. The van der Waals surface area contributed by atoms with Crippen molar-refractivity contribution in [1.29, 1.82) is 0 Å². The Morgan fingerprint density at radius 3 is 2.79 bits per heavy atom. The Bertz CT molecular complexity index is 992. The second kappa shape index (κ2) is 6.37. The van der Waals surface area contributed by atoms with Gasteiger partial charge in [0.2, 0.25) is 5.89 Å². The van der Waals surface area contributed by atoms with Crippen LogP contribution in [0, 0.1) is 13.8 Å². The number of thioether (sulfide) groups is 1. The molecule has 3 aromatic heterocycles. The summed E-state index contributed by atoms with van der Waals surface area (Å²) in [5.41, 5.74) is 3.17. The van der Waals surface area contributed by atoms with E-state index in [9.17, 15) is 0 Å². The molecule has 0 spiro atoms. The van der Waals surface area contributed by atoms with Crippen LogP contribution in [-0.4, -0.2) is 15.0 Å². The summed E-state index contributed by atoms with van der Waals surface area (Å²) < 4.78 is 5.60. The van der Waals surface area contributed by atoms with Gasteiger partial charge >= 0.3 is 0 Å². The third-order valence-electron chi connectivity index (χ3n) is 3.86. The zero-order chi connectivity index (χ0) is 16.5. The highest BCUT2D eigenvalue weighted by molar-refractivity contribution is 7.98. The average Bonchev–Trinajstić information content (AvgIpc) is 3.19. The third kappa shape index (κ3) is 2.83. The fraction of sp³-hybridized carbons (Fsp3) is 0.167. The van der Waals surface area contributed by atoms with E-state index in [0.29, 0.717) is 5.89 Å². The van der Waals surface area contributed by atoms with Crippen LogP contribution in [0.5, 0.6) is 0 Å². The molecule has 0 saturated carbocycles. The summed E-state index contributed by atoms with van der Waals surface area (Å²) in [7, 11) is 0. The van der Waals surface area contributed by atoms with Crippen molar-refractivity contribution in [3.63, 3.8) is 0 Å². The van der Waals surface area contributed by atoms with Crippen LogP contribution < -0.4 is 0 Å². The molecule has 0 aliphatic rings. The van der Waals surface area contributed by atoms with Gasteiger partial charge in [-0.1, -0.05) is 30.0 Å². The highest BCUT2D eigenvalue weighted by Gasteiger charge is 2.13. The molecular weight excluding hydrogens is 338 g/mol. The summed E-state index contributed by atoms with van der Waals surface area (Å²) in [6.07, 6.45) is 3.36. The van der Waals surface area contributed by atoms with Gasteiger partial charge in [-0.3, -0.25) is 0 Å². The van der Waals surface area contributed by atoms with Crippen molar-refractivity contribution in [2.24, 2.45) is 0 Å². The van der Waals surface area contributed by atoms with E-state index in [0.717, 1.165) is 32.3 Å². The van der Waals surface area contributed by atoms with E-state index >= 15 is 0 Å². The Balaban J connectivity index is 1.57. The monoisotopic (exact) mass is 353 g/mol. The van der Waals surface area contributed by atoms with Gasteiger partial charge in [-0.05, 0) is 31.5 Å². The number of aryl methyl sites for hydroxylation is 2. The molecule has 6 heteroatoms. The highest BCUT2D eigenvalue weighted by Crippen LogP contribution is 2.35. The van der Waals surface area contributed by atoms with E-state index in [1.54, 1.807) is 35.7 Å². The Kier molecular flexibility index (Phi) is 4.08. The van der Waals surface area contributed by atoms with Gasteiger partial charge in [-0.15, -0.1) is 11.3 Å². The summed E-state index contributed by atoms with van der Waals surface area (Å²) in [4.78, 5) is 15.8. The molecule has 24 heavy (non-hydrogen) atoms. The number of benzene rings is 1. The minimum Gasteiger partial charge on any atom is -0.444 e. The molecule has 0 aliphatic carbocycles. The second-order valence-electron chi connectivity index (χ2n) is 5.44. The first-order valence-corrected chi connectivity index (χ1v) is 9.36. The number of oxazole rings is 1. The molecule has 0 unspecified atom stereocenters. The van der Waals surface area contributed by atoms with Gasteiger partial charge in [0.25, 0.3) is 0 Å². The molecule has 1 aromatic carbocycles. The zero-order valence-electron chi connectivity index (χ0n) is 13.3. The van der Waals surface area contributed by atoms with E-state index in [2.05, 4.69) is 28.8 Å². The Morgan fingerprint density at radius 1 is 1.12 bits per heavy atom. The molecule has 0 saturated heterocycles. The molecule has 0 atom stereocenters. The van der Waals surface area contributed by atoms with Crippen LogP contribution in [0.15, 0.2) is 52.4 Å². The van der Waals surface area contributed by atoms with E-state index in [1.165, 1.54) is 10.4 Å². The molecule has 0 aliphatic heterocycles. The standard InChI is InChI=1S/C18H15N3OS2/c1-11-12(2)24-18-15(11)17(19-10-20-18)23-9-14-8-22-16(21-14)13-6-4-3-5-7-13/h3-8,10H,9H2,1-2H3. The van der Waals surface area contributed by atoms with Gasteiger partial charge < -0.3 is 4.42 Å². The molecule has 4 nitrogen and oxygen atoms in total. The normalized spacial score (nSPS) is 11.2. The SMILES string of the molecule is Cc1sc2ncnc(SCc3coc(-c4ccccc4)n3)c2c1C. The summed E-state index contributed by atoms with van der Waals surface area (Å²) in [5.74, 6) is 1.37. The van der Waals surface area contributed by atoms with Gasteiger partial charge in [0.1, 0.15) is 22.4 Å². The van der Waals surface area contributed by atoms with E-state index in [1.807, 2.05) is 30.3 Å². The minimum absolute atomic E-state index is 0.654. The van der Waals surface area contributed by atoms with Crippen LogP contribution >= 0.6 is 23.1 Å². The second-order valence-corrected chi connectivity index (χ2v) is 7.61. The van der Waals surface area contributed by atoms with Crippen molar-refractivity contribution in [1.82, 2.24) is 15.0 Å². The molecular formula is C18H15N3OS2. The molecule has 4 rings (SSSR count). The van der Waals surface area contributed by atoms with Gasteiger partial charge in [0.15, 0.2) is 0 Å². The maximum absolute atomic E-state index is 5.60. The van der Waals surface area contributed by atoms with E-state index < -0.39 is 0 Å². The smallest absolute Gasteiger partial charge is 0.226 e. The van der Waals surface area contributed by atoms with E-state index in [-0.39, 0.29) is 0 Å². The fourth-order valence-electron chi connectivity index (χ4n) is 2.49. The lowest BCUT2D eigenvalue weighted by atomic mass is 10.2. The molecule has 0 N–H and O–H groups in total. The van der Waals surface area contributed by atoms with Gasteiger partial charge in [0.05, 0.1) is 5.69 Å². The number of hydrogen-bond donors (Lipinski definition) is 0. The van der Waals surface area contributed by atoms with Crippen molar-refractivity contribution in [2.45, 2.75) is 24.6 Å². The van der Waals surface area contributed by atoms with Crippen molar-refractivity contribution in [3.05, 3.63) is 59.1 Å². The predicted octanol–water partition coefficient (Wildman–Crippen LogP) is 5.26. The summed E-state index contributed by atoms with van der Waals surface area (Å²) in [5, 5.41) is 2.17. The maximum Gasteiger partial charge on any atom is 0.226 e. The van der Waals surface area contributed by atoms with Crippen LogP contribution in [0.25, 0.3) is 21.7 Å². The summed E-state index contributed by atoms with van der Waals surface area (Å²) in [6, 6.07) is 9.93. The summed E-state index contributed by atoms with van der Waals surface area (Å²) >= 11 is 3.39. The topological polar surface area (TPSA) is 51.8 Å². The predicted molar refractivity (Wildman–Crippen MR) is 98.4 cm³/mol. The van der Waals surface area contributed by atoms with Crippen LogP contribution in [0.4, 0.5) is 0 Å². The lowest BCUT2D eigenvalue weighted by Crippen LogP contribution is -1.87. The number of hydrogen-bond acceptors (Lipinski definition) is 6. The van der Waals surface area contributed by atoms with Gasteiger partial charge in [-0.25, -0.2) is 15.0 Å². The zero-order valence-corrected chi connectivity index (χ0v) is 14.9. The maximum atomic E-state index is 5.60.